The van der Waals surface area contributed by atoms with Gasteiger partial charge in [-0.15, -0.1) is 0 Å². The van der Waals surface area contributed by atoms with Crippen LogP contribution in [0.1, 0.15) is 77.0 Å². The molecule has 2 aliphatic rings. The second-order valence-corrected chi connectivity index (χ2v) is 12.1. The Labute approximate surface area is 231 Å². The van der Waals surface area contributed by atoms with Gasteiger partial charge in [0, 0.05) is 37.1 Å². The van der Waals surface area contributed by atoms with E-state index in [0.29, 0.717) is 26.0 Å². The number of likely N-dealkylation sites (tertiary alicyclic amines) is 1. The first-order valence-corrected chi connectivity index (χ1v) is 14.0. The number of carbonyl (C=O) groups is 1. The molecule has 0 spiro atoms. The highest BCUT2D eigenvalue weighted by Crippen LogP contribution is 2.53. The molecule has 0 bridgehead atoms. The molecule has 7 nitrogen and oxygen atoms in total. The van der Waals surface area contributed by atoms with Gasteiger partial charge in [-0.1, -0.05) is 31.2 Å². The fourth-order valence-corrected chi connectivity index (χ4v) is 6.07. The number of aliphatic hydroxyl groups is 2. The number of ether oxygens (including phenoxy) is 2. The summed E-state index contributed by atoms with van der Waals surface area (Å²) in [4.78, 5) is 15.3. The molecule has 2 aromatic carbocycles. The monoisotopic (exact) mass is 542 g/mol. The van der Waals surface area contributed by atoms with Gasteiger partial charge in [-0.2, -0.15) is 0 Å². The molecule has 1 amide bonds. The maximum Gasteiger partial charge on any atom is 0.411 e. The molecule has 3 N–H and O–H groups in total. The topological polar surface area (TPSA) is 91.3 Å². The van der Waals surface area contributed by atoms with E-state index >= 15 is 0 Å². The van der Waals surface area contributed by atoms with Crippen molar-refractivity contribution in [2.24, 2.45) is 5.41 Å². The number of carbonyl (C=O) groups excluding carboxylic acids is 1. The van der Waals surface area contributed by atoms with Gasteiger partial charge in [0.1, 0.15) is 17.2 Å². The molecule has 5 atom stereocenters. The zero-order valence-electron chi connectivity index (χ0n) is 23.5. The first kappa shape index (κ1) is 29.3. The average molecular weight is 543 g/mol. The van der Waals surface area contributed by atoms with E-state index in [-0.39, 0.29) is 30.5 Å². The van der Waals surface area contributed by atoms with Crippen LogP contribution in [0.5, 0.6) is 5.75 Å². The van der Waals surface area contributed by atoms with Gasteiger partial charge in [0.15, 0.2) is 0 Å². The van der Waals surface area contributed by atoms with E-state index < -0.39 is 23.2 Å². The Bertz CT molecular complexity index is 1090. The maximum absolute atomic E-state index is 13.7. The Hall–Kier alpha value is -2.68. The smallest absolute Gasteiger partial charge is 0.411 e. The predicted octanol–water partition coefficient (Wildman–Crippen LogP) is 5.35. The highest BCUT2D eigenvalue weighted by Gasteiger charge is 2.57. The molecule has 39 heavy (non-hydrogen) atoms. The van der Waals surface area contributed by atoms with Crippen molar-refractivity contribution in [1.29, 1.82) is 0 Å². The van der Waals surface area contributed by atoms with Gasteiger partial charge in [-0.3, -0.25) is 4.90 Å². The molecule has 0 radical (unpaired) electrons. The Balaban J connectivity index is 1.52. The van der Waals surface area contributed by atoms with Crippen LogP contribution in [0, 0.1) is 11.2 Å². The minimum absolute atomic E-state index is 0.103. The van der Waals surface area contributed by atoms with Gasteiger partial charge >= 0.3 is 6.09 Å². The first-order valence-electron chi connectivity index (χ1n) is 14.0. The molecular formula is C31H43FN2O5. The minimum Gasteiger partial charge on any atom is -0.494 e. The average Bonchev–Trinajstić information content (AvgIpc) is 3.13. The molecule has 2 aromatic rings. The van der Waals surface area contributed by atoms with Crippen LogP contribution in [0.15, 0.2) is 48.5 Å². The van der Waals surface area contributed by atoms with E-state index in [9.17, 15) is 14.3 Å². The van der Waals surface area contributed by atoms with Crippen molar-refractivity contribution in [3.05, 3.63) is 65.5 Å². The Kier molecular flexibility index (Phi) is 9.19. The number of hydrogen-bond acceptors (Lipinski definition) is 6. The van der Waals surface area contributed by atoms with Crippen LogP contribution in [0.3, 0.4) is 0 Å². The third kappa shape index (κ3) is 6.91. The molecule has 1 heterocycles. The number of aliphatic hydroxyl groups excluding tert-OH is 2. The molecule has 0 aromatic heterocycles. The van der Waals surface area contributed by atoms with Crippen LogP contribution in [-0.2, 0) is 11.3 Å². The van der Waals surface area contributed by atoms with Crippen molar-refractivity contribution in [2.75, 3.05) is 13.2 Å². The lowest BCUT2D eigenvalue weighted by Crippen LogP contribution is -2.52. The minimum atomic E-state index is -0.693. The number of nitrogens with zero attached hydrogens (tertiary/aromatic N) is 1. The number of benzene rings is 2. The third-order valence-corrected chi connectivity index (χ3v) is 8.04. The third-order valence-electron chi connectivity index (χ3n) is 8.04. The molecule has 214 valence electrons. The summed E-state index contributed by atoms with van der Waals surface area (Å²) in [5.41, 5.74) is 0.688. The molecule has 1 saturated carbocycles. The fraction of sp³-hybridized carbons (Fsp3) is 0.581. The van der Waals surface area contributed by atoms with Crippen LogP contribution in [0.25, 0.3) is 0 Å². The number of rotatable bonds is 8. The Morgan fingerprint density at radius 2 is 1.82 bits per heavy atom. The van der Waals surface area contributed by atoms with Crippen molar-refractivity contribution >= 4 is 6.09 Å². The van der Waals surface area contributed by atoms with Crippen LogP contribution in [-0.4, -0.2) is 58.2 Å². The lowest BCUT2D eigenvalue weighted by molar-refractivity contribution is -0.0186. The van der Waals surface area contributed by atoms with Crippen LogP contribution >= 0.6 is 0 Å². The summed E-state index contributed by atoms with van der Waals surface area (Å²) in [6, 6.07) is 13.5. The second kappa shape index (κ2) is 12.2. The summed E-state index contributed by atoms with van der Waals surface area (Å²) in [6.45, 7) is 8.79. The van der Waals surface area contributed by atoms with Crippen molar-refractivity contribution in [3.63, 3.8) is 0 Å². The molecule has 2 fully saturated rings. The van der Waals surface area contributed by atoms with Gasteiger partial charge in [0.2, 0.25) is 0 Å². The van der Waals surface area contributed by atoms with E-state index in [0.717, 1.165) is 36.1 Å². The quantitative estimate of drug-likeness (QED) is 0.390. The zero-order valence-corrected chi connectivity index (χ0v) is 23.5. The first-order chi connectivity index (χ1) is 18.5. The highest BCUT2D eigenvalue weighted by molar-refractivity contribution is 5.70. The second-order valence-electron chi connectivity index (χ2n) is 12.1. The zero-order chi connectivity index (χ0) is 28.2. The maximum atomic E-state index is 13.7. The van der Waals surface area contributed by atoms with Crippen molar-refractivity contribution in [1.82, 2.24) is 10.2 Å². The Morgan fingerprint density at radius 1 is 1.13 bits per heavy atom. The highest BCUT2D eigenvalue weighted by atomic mass is 19.1. The molecule has 1 aliphatic heterocycles. The summed E-state index contributed by atoms with van der Waals surface area (Å²) < 4.78 is 25.2. The van der Waals surface area contributed by atoms with E-state index in [1.165, 1.54) is 12.1 Å². The molecular weight excluding hydrogens is 499 g/mol. The predicted molar refractivity (Wildman–Crippen MR) is 148 cm³/mol. The fourth-order valence-electron chi connectivity index (χ4n) is 6.07. The van der Waals surface area contributed by atoms with E-state index in [2.05, 4.69) is 12.2 Å². The van der Waals surface area contributed by atoms with Crippen LogP contribution in [0.2, 0.25) is 0 Å². The summed E-state index contributed by atoms with van der Waals surface area (Å²) >= 11 is 0. The van der Waals surface area contributed by atoms with Gasteiger partial charge in [-0.25, -0.2) is 9.18 Å². The summed E-state index contributed by atoms with van der Waals surface area (Å²) in [6.07, 6.45) is 2.45. The van der Waals surface area contributed by atoms with Crippen molar-refractivity contribution in [2.45, 2.75) is 96.2 Å². The Morgan fingerprint density at radius 3 is 2.46 bits per heavy atom. The normalized spacial score (nSPS) is 27.1. The number of halogens is 1. The van der Waals surface area contributed by atoms with Gasteiger partial charge in [0.05, 0.1) is 18.8 Å². The molecule has 4 rings (SSSR count). The molecule has 1 saturated heterocycles. The van der Waals surface area contributed by atoms with E-state index in [1.807, 2.05) is 45.0 Å². The molecule has 8 heteroatoms. The lowest BCUT2D eigenvalue weighted by atomic mass is 9.74. The lowest BCUT2D eigenvalue weighted by Gasteiger charge is -2.39. The standard InChI is InChI=1S/C31H43FN2O5/c1-30(2,3)39-29(37)34-26(22-11-13-23(32)14-12-22)19-31(4)27(34)8-5-7-25(28(31)36)33-20-21-9-15-24(16-10-21)38-18-6-17-35/h9-16,25-28,33,35-36H,5-8,17-20H2,1-4H3/t25-,26+,27+,28+,31+/m0/s1. The number of amides is 1. The van der Waals surface area contributed by atoms with E-state index in [4.69, 9.17) is 14.6 Å². The van der Waals surface area contributed by atoms with E-state index in [1.54, 1.807) is 17.0 Å². The van der Waals surface area contributed by atoms with Crippen LogP contribution < -0.4 is 10.1 Å². The SMILES string of the molecule is CC(C)(C)OC(=O)N1[C@@H](c2ccc(F)cc2)C[C@@]2(C)[C@H](O)[C@@H](NCc3ccc(OCCCO)cc3)CCC[C@@H]12. The summed E-state index contributed by atoms with van der Waals surface area (Å²) in [7, 11) is 0. The summed E-state index contributed by atoms with van der Waals surface area (Å²) in [5, 5.41) is 24.3. The van der Waals surface area contributed by atoms with Gasteiger partial charge < -0.3 is 25.0 Å². The van der Waals surface area contributed by atoms with Gasteiger partial charge in [0.25, 0.3) is 0 Å². The number of hydrogen-bond donors (Lipinski definition) is 3. The molecule has 1 aliphatic carbocycles. The summed E-state index contributed by atoms with van der Waals surface area (Å²) in [5.74, 6) is 0.437. The molecule has 0 unspecified atom stereocenters. The number of fused-ring (bicyclic) bond motifs is 1. The van der Waals surface area contributed by atoms with Crippen LogP contribution in [0.4, 0.5) is 9.18 Å². The number of nitrogens with one attached hydrogen (secondary N) is 1. The van der Waals surface area contributed by atoms with Gasteiger partial charge in [-0.05, 0) is 81.8 Å². The van der Waals surface area contributed by atoms with Crippen molar-refractivity contribution < 1.29 is 28.9 Å². The largest absolute Gasteiger partial charge is 0.494 e. The van der Waals surface area contributed by atoms with Crippen molar-refractivity contribution in [3.8, 4) is 5.75 Å².